The second-order valence-corrected chi connectivity index (χ2v) is 4.99. The molecule has 0 atom stereocenters. The third-order valence-electron chi connectivity index (χ3n) is 2.12. The predicted octanol–water partition coefficient (Wildman–Crippen LogP) is 4.10. The van der Waals surface area contributed by atoms with Gasteiger partial charge in [-0.25, -0.2) is 4.98 Å². The molecule has 0 amide bonds. The average molecular weight is 273 g/mol. The van der Waals surface area contributed by atoms with Crippen LogP contribution in [0.5, 0.6) is 0 Å². The van der Waals surface area contributed by atoms with Crippen molar-refractivity contribution in [1.29, 1.82) is 0 Å². The van der Waals surface area contributed by atoms with Crippen molar-refractivity contribution in [1.82, 2.24) is 4.98 Å². The summed E-state index contributed by atoms with van der Waals surface area (Å²) in [5.74, 6) is 0. The molecule has 1 N–H and O–H groups in total. The highest BCUT2D eigenvalue weighted by Crippen LogP contribution is 2.21. The van der Waals surface area contributed by atoms with Crippen LogP contribution in [0.1, 0.15) is 5.56 Å². The highest BCUT2D eigenvalue weighted by molar-refractivity contribution is 7.13. The fourth-order valence-electron chi connectivity index (χ4n) is 1.34. The monoisotopic (exact) mass is 272 g/mol. The summed E-state index contributed by atoms with van der Waals surface area (Å²) < 4.78 is 0. The topological polar surface area (TPSA) is 24.9 Å². The van der Waals surface area contributed by atoms with Crippen LogP contribution in [-0.2, 0) is 6.42 Å². The van der Waals surface area contributed by atoms with E-state index in [1.165, 1.54) is 0 Å². The Bertz CT molecular complexity index is 457. The molecule has 1 aromatic carbocycles. The summed E-state index contributed by atoms with van der Waals surface area (Å²) in [4.78, 5) is 4.14. The Morgan fingerprint density at radius 2 is 2.19 bits per heavy atom. The van der Waals surface area contributed by atoms with E-state index in [4.69, 9.17) is 23.2 Å². The van der Waals surface area contributed by atoms with Crippen molar-refractivity contribution >= 4 is 39.7 Å². The standard InChI is InChI=1S/C11H10Cl2N2S/c12-9-2-1-8(10(13)7-9)3-4-14-11-15-5-6-16-11/h1-2,5-7H,3-4H2,(H,14,15). The third kappa shape index (κ3) is 3.11. The molecule has 0 fully saturated rings. The van der Waals surface area contributed by atoms with Gasteiger partial charge in [0, 0.05) is 28.2 Å². The first-order valence-corrected chi connectivity index (χ1v) is 6.46. The molecule has 1 heterocycles. The Labute approximate surface area is 108 Å². The van der Waals surface area contributed by atoms with Crippen LogP contribution in [0.25, 0.3) is 0 Å². The molecule has 2 rings (SSSR count). The van der Waals surface area contributed by atoms with E-state index < -0.39 is 0 Å². The van der Waals surface area contributed by atoms with Crippen LogP contribution in [-0.4, -0.2) is 11.5 Å². The van der Waals surface area contributed by atoms with E-state index in [1.807, 2.05) is 17.5 Å². The van der Waals surface area contributed by atoms with Gasteiger partial charge in [-0.15, -0.1) is 11.3 Å². The summed E-state index contributed by atoms with van der Waals surface area (Å²) in [7, 11) is 0. The quantitative estimate of drug-likeness (QED) is 0.907. The van der Waals surface area contributed by atoms with E-state index in [0.29, 0.717) is 10.0 Å². The Kier molecular flexibility index (Phi) is 4.04. The molecule has 0 aliphatic heterocycles. The van der Waals surface area contributed by atoms with Gasteiger partial charge in [0.2, 0.25) is 0 Å². The summed E-state index contributed by atoms with van der Waals surface area (Å²) in [5, 5.41) is 7.49. The number of halogens is 2. The van der Waals surface area contributed by atoms with Gasteiger partial charge in [0.15, 0.2) is 5.13 Å². The van der Waals surface area contributed by atoms with Crippen LogP contribution in [0.4, 0.5) is 5.13 Å². The van der Waals surface area contributed by atoms with Crippen LogP contribution in [0.2, 0.25) is 10.0 Å². The zero-order valence-corrected chi connectivity index (χ0v) is 10.7. The molecule has 0 unspecified atom stereocenters. The van der Waals surface area contributed by atoms with E-state index in [-0.39, 0.29) is 0 Å². The molecule has 16 heavy (non-hydrogen) atoms. The van der Waals surface area contributed by atoms with Gasteiger partial charge in [-0.3, -0.25) is 0 Å². The molecule has 2 aromatic rings. The highest BCUT2D eigenvalue weighted by Gasteiger charge is 2.01. The normalized spacial score (nSPS) is 10.4. The maximum absolute atomic E-state index is 6.06. The summed E-state index contributed by atoms with van der Waals surface area (Å²) >= 11 is 13.5. The van der Waals surface area contributed by atoms with E-state index in [9.17, 15) is 0 Å². The molecule has 0 aliphatic carbocycles. The minimum Gasteiger partial charge on any atom is -0.361 e. The molecule has 5 heteroatoms. The zero-order valence-electron chi connectivity index (χ0n) is 8.41. The summed E-state index contributed by atoms with van der Waals surface area (Å²) in [6.07, 6.45) is 2.64. The molecule has 2 nitrogen and oxygen atoms in total. The van der Waals surface area contributed by atoms with Gasteiger partial charge in [-0.2, -0.15) is 0 Å². The Morgan fingerprint density at radius 3 is 2.88 bits per heavy atom. The van der Waals surface area contributed by atoms with E-state index in [2.05, 4.69) is 10.3 Å². The highest BCUT2D eigenvalue weighted by atomic mass is 35.5. The molecule has 84 valence electrons. The molecule has 1 aromatic heterocycles. The Morgan fingerprint density at radius 1 is 1.31 bits per heavy atom. The van der Waals surface area contributed by atoms with Gasteiger partial charge in [-0.05, 0) is 24.1 Å². The van der Waals surface area contributed by atoms with Crippen molar-refractivity contribution in [3.63, 3.8) is 0 Å². The smallest absolute Gasteiger partial charge is 0.182 e. The van der Waals surface area contributed by atoms with Gasteiger partial charge < -0.3 is 5.32 Å². The third-order valence-corrected chi connectivity index (χ3v) is 3.44. The largest absolute Gasteiger partial charge is 0.361 e. The molecular weight excluding hydrogens is 263 g/mol. The second kappa shape index (κ2) is 5.53. The van der Waals surface area contributed by atoms with Gasteiger partial charge in [-0.1, -0.05) is 29.3 Å². The number of thiazole rings is 1. The maximum atomic E-state index is 6.06. The molecule has 0 saturated carbocycles. The molecule has 0 radical (unpaired) electrons. The van der Waals surface area contributed by atoms with Gasteiger partial charge in [0.05, 0.1) is 0 Å². The first-order chi connectivity index (χ1) is 7.75. The predicted molar refractivity (Wildman–Crippen MR) is 70.8 cm³/mol. The molecule has 0 bridgehead atoms. The van der Waals surface area contributed by atoms with Crippen LogP contribution in [0.3, 0.4) is 0 Å². The number of benzene rings is 1. The van der Waals surface area contributed by atoms with Gasteiger partial charge in [0.1, 0.15) is 0 Å². The molecule has 0 saturated heterocycles. The van der Waals surface area contributed by atoms with Crippen molar-refractivity contribution in [3.05, 3.63) is 45.4 Å². The van der Waals surface area contributed by atoms with Crippen molar-refractivity contribution < 1.29 is 0 Å². The number of nitrogens with zero attached hydrogens (tertiary/aromatic N) is 1. The number of nitrogens with one attached hydrogen (secondary N) is 1. The number of hydrogen-bond donors (Lipinski definition) is 1. The minimum absolute atomic E-state index is 0.668. The fraction of sp³-hybridized carbons (Fsp3) is 0.182. The number of anilines is 1. The van der Waals surface area contributed by atoms with E-state index in [0.717, 1.165) is 23.7 Å². The van der Waals surface area contributed by atoms with Crippen molar-refractivity contribution in [2.75, 3.05) is 11.9 Å². The van der Waals surface area contributed by atoms with Crippen molar-refractivity contribution in [2.24, 2.45) is 0 Å². The van der Waals surface area contributed by atoms with Gasteiger partial charge in [0.25, 0.3) is 0 Å². The fourth-order valence-corrected chi connectivity index (χ4v) is 2.40. The van der Waals surface area contributed by atoms with Crippen LogP contribution >= 0.6 is 34.5 Å². The first kappa shape index (κ1) is 11.7. The van der Waals surface area contributed by atoms with E-state index >= 15 is 0 Å². The van der Waals surface area contributed by atoms with Crippen LogP contribution < -0.4 is 5.32 Å². The lowest BCUT2D eigenvalue weighted by molar-refractivity contribution is 1.02. The van der Waals surface area contributed by atoms with E-state index in [1.54, 1.807) is 23.6 Å². The molecule has 0 spiro atoms. The van der Waals surface area contributed by atoms with Gasteiger partial charge >= 0.3 is 0 Å². The lowest BCUT2D eigenvalue weighted by Crippen LogP contribution is -2.04. The van der Waals surface area contributed by atoms with Crippen LogP contribution in [0.15, 0.2) is 29.8 Å². The first-order valence-electron chi connectivity index (χ1n) is 4.83. The minimum atomic E-state index is 0.668. The summed E-state index contributed by atoms with van der Waals surface area (Å²) in [5.41, 5.74) is 1.09. The maximum Gasteiger partial charge on any atom is 0.182 e. The lowest BCUT2D eigenvalue weighted by atomic mass is 10.1. The number of aromatic nitrogens is 1. The van der Waals surface area contributed by atoms with Crippen LogP contribution in [0, 0.1) is 0 Å². The molecular formula is C11H10Cl2N2S. The SMILES string of the molecule is Clc1ccc(CCNc2nccs2)c(Cl)c1. The number of hydrogen-bond acceptors (Lipinski definition) is 3. The molecule has 0 aliphatic rings. The average Bonchev–Trinajstić information content (AvgIpc) is 2.74. The van der Waals surface area contributed by atoms with Crippen molar-refractivity contribution in [3.8, 4) is 0 Å². The second-order valence-electron chi connectivity index (χ2n) is 3.25. The summed E-state index contributed by atoms with van der Waals surface area (Å²) in [6, 6.07) is 5.57. The zero-order chi connectivity index (χ0) is 11.4. The Balaban J connectivity index is 1.90. The van der Waals surface area contributed by atoms with Crippen molar-refractivity contribution in [2.45, 2.75) is 6.42 Å². The Hall–Kier alpha value is -0.770. The summed E-state index contributed by atoms with van der Waals surface area (Å²) in [6.45, 7) is 0.814. The number of rotatable bonds is 4. The lowest BCUT2D eigenvalue weighted by Gasteiger charge is -2.05.